The first-order valence-corrected chi connectivity index (χ1v) is 8.82. The summed E-state index contributed by atoms with van der Waals surface area (Å²) in [6, 6.07) is 17.2. The second-order valence-electron chi connectivity index (χ2n) is 6.27. The Kier molecular flexibility index (Phi) is 5.99. The molecular weight excluding hydrogens is 340 g/mol. The highest BCUT2D eigenvalue weighted by atomic mass is 16.2. The lowest BCUT2D eigenvalue weighted by atomic mass is 10.1. The Morgan fingerprint density at radius 2 is 1.85 bits per heavy atom. The lowest BCUT2D eigenvalue weighted by Gasteiger charge is -2.08. The molecule has 6 heteroatoms. The van der Waals surface area contributed by atoms with E-state index in [0.29, 0.717) is 12.1 Å². The standard InChI is InChI=1S/C21H22N4O2/c1-16-4-2-5-18(14-16)21(27)23-15-20(26)22-12-10-17-6-8-19(9-7-17)25-13-3-11-24-25/h2-9,11,13-14H,10,12,15H2,1H3,(H,22,26)(H,23,27). The number of hydrogen-bond donors (Lipinski definition) is 2. The summed E-state index contributed by atoms with van der Waals surface area (Å²) in [6.45, 7) is 2.40. The van der Waals surface area contributed by atoms with Crippen LogP contribution in [0.2, 0.25) is 0 Å². The van der Waals surface area contributed by atoms with Gasteiger partial charge in [-0.25, -0.2) is 4.68 Å². The van der Waals surface area contributed by atoms with Gasteiger partial charge in [-0.2, -0.15) is 5.10 Å². The summed E-state index contributed by atoms with van der Waals surface area (Å²) in [5.41, 5.74) is 3.67. The van der Waals surface area contributed by atoms with Crippen molar-refractivity contribution in [2.75, 3.05) is 13.1 Å². The van der Waals surface area contributed by atoms with E-state index in [2.05, 4.69) is 15.7 Å². The number of rotatable bonds is 7. The van der Waals surface area contributed by atoms with E-state index in [1.165, 1.54) is 0 Å². The number of hydrogen-bond acceptors (Lipinski definition) is 3. The highest BCUT2D eigenvalue weighted by molar-refractivity contribution is 5.96. The molecule has 0 aliphatic carbocycles. The molecule has 2 amide bonds. The Morgan fingerprint density at radius 1 is 1.04 bits per heavy atom. The number of nitrogens with zero attached hydrogens (tertiary/aromatic N) is 2. The van der Waals surface area contributed by atoms with Gasteiger partial charge in [-0.05, 0) is 49.2 Å². The van der Waals surface area contributed by atoms with Crippen LogP contribution >= 0.6 is 0 Å². The third kappa shape index (κ3) is 5.28. The average Bonchev–Trinajstić information content (AvgIpc) is 3.21. The van der Waals surface area contributed by atoms with Crippen LogP contribution in [0.1, 0.15) is 21.5 Å². The summed E-state index contributed by atoms with van der Waals surface area (Å²) in [7, 11) is 0. The molecule has 0 spiro atoms. The molecule has 1 aromatic heterocycles. The van der Waals surface area contributed by atoms with E-state index in [4.69, 9.17) is 0 Å². The molecule has 6 nitrogen and oxygen atoms in total. The SMILES string of the molecule is Cc1cccc(C(=O)NCC(=O)NCCc2ccc(-n3cccn3)cc2)c1. The van der Waals surface area contributed by atoms with E-state index in [1.54, 1.807) is 23.0 Å². The summed E-state index contributed by atoms with van der Waals surface area (Å²) >= 11 is 0. The molecular formula is C21H22N4O2. The van der Waals surface area contributed by atoms with Gasteiger partial charge in [0.25, 0.3) is 5.91 Å². The van der Waals surface area contributed by atoms with Crippen molar-refractivity contribution >= 4 is 11.8 Å². The molecule has 0 saturated carbocycles. The van der Waals surface area contributed by atoms with Crippen molar-refractivity contribution in [3.8, 4) is 5.69 Å². The zero-order valence-electron chi connectivity index (χ0n) is 15.2. The van der Waals surface area contributed by atoms with Crippen molar-refractivity contribution in [1.82, 2.24) is 20.4 Å². The van der Waals surface area contributed by atoms with Crippen molar-refractivity contribution in [2.45, 2.75) is 13.3 Å². The van der Waals surface area contributed by atoms with Gasteiger partial charge < -0.3 is 10.6 Å². The number of carbonyl (C=O) groups excluding carboxylic acids is 2. The zero-order chi connectivity index (χ0) is 19.1. The summed E-state index contributed by atoms with van der Waals surface area (Å²) in [4.78, 5) is 23.9. The summed E-state index contributed by atoms with van der Waals surface area (Å²) < 4.78 is 1.79. The molecule has 0 aliphatic rings. The Bertz CT molecular complexity index is 902. The minimum atomic E-state index is -0.247. The second kappa shape index (κ2) is 8.80. The molecule has 138 valence electrons. The maximum Gasteiger partial charge on any atom is 0.251 e. The smallest absolute Gasteiger partial charge is 0.251 e. The molecule has 0 bridgehead atoms. The van der Waals surface area contributed by atoms with Gasteiger partial charge in [-0.1, -0.05) is 29.8 Å². The van der Waals surface area contributed by atoms with E-state index >= 15 is 0 Å². The van der Waals surface area contributed by atoms with Crippen molar-refractivity contribution in [1.29, 1.82) is 0 Å². The lowest BCUT2D eigenvalue weighted by Crippen LogP contribution is -2.37. The van der Waals surface area contributed by atoms with Gasteiger partial charge in [0.15, 0.2) is 0 Å². The Labute approximate surface area is 158 Å². The number of aromatic nitrogens is 2. The van der Waals surface area contributed by atoms with Crippen LogP contribution in [0.4, 0.5) is 0 Å². The van der Waals surface area contributed by atoms with Crippen LogP contribution in [-0.4, -0.2) is 34.7 Å². The Morgan fingerprint density at radius 3 is 2.56 bits per heavy atom. The quantitative estimate of drug-likeness (QED) is 0.677. The second-order valence-corrected chi connectivity index (χ2v) is 6.27. The molecule has 2 N–H and O–H groups in total. The Balaban J connectivity index is 1.40. The van der Waals surface area contributed by atoms with Crippen LogP contribution in [0.5, 0.6) is 0 Å². The normalized spacial score (nSPS) is 10.4. The lowest BCUT2D eigenvalue weighted by molar-refractivity contribution is -0.120. The number of benzene rings is 2. The molecule has 0 aliphatic heterocycles. The van der Waals surface area contributed by atoms with Crippen molar-refractivity contribution in [3.05, 3.63) is 83.7 Å². The van der Waals surface area contributed by atoms with Crippen LogP contribution in [0.3, 0.4) is 0 Å². The molecule has 0 atom stereocenters. The van der Waals surface area contributed by atoms with Crippen molar-refractivity contribution in [3.63, 3.8) is 0 Å². The molecule has 27 heavy (non-hydrogen) atoms. The number of carbonyl (C=O) groups is 2. The van der Waals surface area contributed by atoms with E-state index in [0.717, 1.165) is 23.2 Å². The summed E-state index contributed by atoms with van der Waals surface area (Å²) in [5, 5.41) is 9.65. The highest BCUT2D eigenvalue weighted by Gasteiger charge is 2.08. The van der Waals surface area contributed by atoms with E-state index in [9.17, 15) is 9.59 Å². The van der Waals surface area contributed by atoms with Gasteiger partial charge >= 0.3 is 0 Å². The largest absolute Gasteiger partial charge is 0.354 e. The van der Waals surface area contributed by atoms with E-state index < -0.39 is 0 Å². The molecule has 1 heterocycles. The topological polar surface area (TPSA) is 76.0 Å². The predicted octanol–water partition coefficient (Wildman–Crippen LogP) is 2.27. The monoisotopic (exact) mass is 362 g/mol. The minimum Gasteiger partial charge on any atom is -0.354 e. The zero-order valence-corrected chi connectivity index (χ0v) is 15.2. The van der Waals surface area contributed by atoms with Crippen LogP contribution in [0.25, 0.3) is 5.69 Å². The molecule has 0 unspecified atom stereocenters. The van der Waals surface area contributed by atoms with Crippen LogP contribution in [0.15, 0.2) is 67.0 Å². The third-order valence-electron chi connectivity index (χ3n) is 4.13. The van der Waals surface area contributed by atoms with E-state index in [-0.39, 0.29) is 18.4 Å². The fourth-order valence-corrected chi connectivity index (χ4v) is 2.69. The molecule has 3 rings (SSSR count). The highest BCUT2D eigenvalue weighted by Crippen LogP contribution is 2.08. The van der Waals surface area contributed by atoms with Crippen molar-refractivity contribution in [2.24, 2.45) is 0 Å². The first-order valence-electron chi connectivity index (χ1n) is 8.82. The number of nitrogens with one attached hydrogen (secondary N) is 2. The van der Waals surface area contributed by atoms with Crippen LogP contribution < -0.4 is 10.6 Å². The first-order chi connectivity index (χ1) is 13.1. The van der Waals surface area contributed by atoms with Gasteiger partial charge in [-0.3, -0.25) is 9.59 Å². The summed E-state index contributed by atoms with van der Waals surface area (Å²) in [5.74, 6) is -0.452. The molecule has 0 fully saturated rings. The predicted molar refractivity (Wildman–Crippen MR) is 104 cm³/mol. The third-order valence-corrected chi connectivity index (χ3v) is 4.13. The Hall–Kier alpha value is -3.41. The first kappa shape index (κ1) is 18.4. The molecule has 0 saturated heterocycles. The average molecular weight is 362 g/mol. The van der Waals surface area contributed by atoms with Crippen molar-refractivity contribution < 1.29 is 9.59 Å². The van der Waals surface area contributed by atoms with Gasteiger partial charge in [0.2, 0.25) is 5.91 Å². The fraction of sp³-hybridized carbons (Fsp3) is 0.190. The van der Waals surface area contributed by atoms with Crippen LogP contribution in [0, 0.1) is 6.92 Å². The maximum absolute atomic E-state index is 12.0. The molecule has 0 radical (unpaired) electrons. The van der Waals surface area contributed by atoms with Gasteiger partial charge in [0, 0.05) is 24.5 Å². The fourth-order valence-electron chi connectivity index (χ4n) is 2.69. The van der Waals surface area contributed by atoms with E-state index in [1.807, 2.05) is 55.6 Å². The van der Waals surface area contributed by atoms with Gasteiger partial charge in [0.05, 0.1) is 12.2 Å². The maximum atomic E-state index is 12.0. The number of aryl methyl sites for hydroxylation is 1. The minimum absolute atomic E-state index is 0.0367. The summed E-state index contributed by atoms with van der Waals surface area (Å²) in [6.07, 6.45) is 4.35. The molecule has 3 aromatic rings. The van der Waals surface area contributed by atoms with Gasteiger partial charge in [0.1, 0.15) is 0 Å². The van der Waals surface area contributed by atoms with Gasteiger partial charge in [-0.15, -0.1) is 0 Å². The van der Waals surface area contributed by atoms with Crippen LogP contribution in [-0.2, 0) is 11.2 Å². The molecule has 2 aromatic carbocycles. The number of amides is 2.